The molecule has 1 aliphatic carbocycles. The van der Waals surface area contributed by atoms with Crippen molar-refractivity contribution >= 4 is 0 Å². The van der Waals surface area contributed by atoms with E-state index in [2.05, 4.69) is 31.7 Å². The van der Waals surface area contributed by atoms with Crippen molar-refractivity contribution in [1.29, 1.82) is 5.26 Å². The third-order valence-corrected chi connectivity index (χ3v) is 3.75. The molecule has 2 nitrogen and oxygen atoms in total. The summed E-state index contributed by atoms with van der Waals surface area (Å²) in [5, 5.41) is 9.37. The van der Waals surface area contributed by atoms with Crippen molar-refractivity contribution in [2.45, 2.75) is 52.0 Å². The molecule has 0 saturated heterocycles. The summed E-state index contributed by atoms with van der Waals surface area (Å²) in [6.45, 7) is 8.55. The van der Waals surface area contributed by atoms with E-state index in [-0.39, 0.29) is 5.54 Å². The van der Waals surface area contributed by atoms with Gasteiger partial charge in [0, 0.05) is 0 Å². The van der Waals surface area contributed by atoms with Crippen LogP contribution in [0, 0.1) is 17.2 Å². The summed E-state index contributed by atoms with van der Waals surface area (Å²) >= 11 is 0. The summed E-state index contributed by atoms with van der Waals surface area (Å²) in [6.07, 6.45) is 4.62. The average Bonchev–Trinajstić information content (AvgIpc) is 2.65. The molecule has 0 heterocycles. The summed E-state index contributed by atoms with van der Waals surface area (Å²) < 4.78 is 0. The lowest BCUT2D eigenvalue weighted by molar-refractivity contribution is 0.153. The second-order valence-corrected chi connectivity index (χ2v) is 4.33. The van der Waals surface area contributed by atoms with Crippen LogP contribution >= 0.6 is 0 Å². The second-order valence-electron chi connectivity index (χ2n) is 4.33. The molecular weight excluding hydrogens is 172 g/mol. The van der Waals surface area contributed by atoms with E-state index in [0.29, 0.717) is 0 Å². The number of nitrogens with zero attached hydrogens (tertiary/aromatic N) is 2. The molecule has 0 aromatic rings. The van der Waals surface area contributed by atoms with Crippen LogP contribution in [-0.2, 0) is 0 Å². The molecule has 0 bridgehead atoms. The third kappa shape index (κ3) is 1.93. The monoisotopic (exact) mass is 194 g/mol. The fraction of sp³-hybridized carbons (Fsp3) is 0.917. The van der Waals surface area contributed by atoms with Gasteiger partial charge in [0.25, 0.3) is 0 Å². The van der Waals surface area contributed by atoms with Crippen LogP contribution in [-0.4, -0.2) is 23.5 Å². The lowest BCUT2D eigenvalue weighted by atomic mass is 9.94. The SMILES string of the molecule is CCC1CCC(C#N)(N(CC)CC)C1. The fourth-order valence-corrected chi connectivity index (χ4v) is 2.76. The Hall–Kier alpha value is -0.550. The zero-order chi connectivity index (χ0) is 10.6. The molecule has 0 amide bonds. The van der Waals surface area contributed by atoms with E-state index in [1.54, 1.807) is 0 Å². The molecule has 80 valence electrons. The minimum atomic E-state index is -0.135. The summed E-state index contributed by atoms with van der Waals surface area (Å²) in [4.78, 5) is 2.34. The van der Waals surface area contributed by atoms with E-state index < -0.39 is 0 Å². The third-order valence-electron chi connectivity index (χ3n) is 3.75. The van der Waals surface area contributed by atoms with Gasteiger partial charge in [-0.05, 0) is 38.3 Å². The van der Waals surface area contributed by atoms with Crippen LogP contribution in [0.15, 0.2) is 0 Å². The van der Waals surface area contributed by atoms with E-state index in [1.807, 2.05) is 0 Å². The second kappa shape index (κ2) is 4.79. The van der Waals surface area contributed by atoms with Crippen molar-refractivity contribution in [3.05, 3.63) is 0 Å². The first-order valence-electron chi connectivity index (χ1n) is 5.88. The molecule has 1 aliphatic rings. The molecule has 1 fully saturated rings. The molecule has 0 aromatic heterocycles. The fourth-order valence-electron chi connectivity index (χ4n) is 2.76. The Morgan fingerprint density at radius 2 is 2.00 bits per heavy atom. The number of hydrogen-bond donors (Lipinski definition) is 0. The molecule has 2 atom stereocenters. The van der Waals surface area contributed by atoms with Crippen LogP contribution in [0.2, 0.25) is 0 Å². The molecule has 1 rings (SSSR count). The number of rotatable bonds is 4. The summed E-state index contributed by atoms with van der Waals surface area (Å²) in [5.74, 6) is 0.773. The zero-order valence-electron chi connectivity index (χ0n) is 9.71. The van der Waals surface area contributed by atoms with Crippen molar-refractivity contribution in [1.82, 2.24) is 4.90 Å². The highest BCUT2D eigenvalue weighted by Gasteiger charge is 2.42. The minimum Gasteiger partial charge on any atom is -0.286 e. The highest BCUT2D eigenvalue weighted by atomic mass is 15.2. The van der Waals surface area contributed by atoms with Crippen LogP contribution in [0.1, 0.15) is 46.5 Å². The summed E-state index contributed by atoms with van der Waals surface area (Å²) in [7, 11) is 0. The maximum atomic E-state index is 9.37. The Labute approximate surface area is 87.9 Å². The molecule has 0 spiro atoms. The molecular formula is C12H22N2. The highest BCUT2D eigenvalue weighted by molar-refractivity contribution is 5.12. The Morgan fingerprint density at radius 1 is 1.36 bits per heavy atom. The largest absolute Gasteiger partial charge is 0.286 e. The van der Waals surface area contributed by atoms with Gasteiger partial charge in [0.2, 0.25) is 0 Å². The molecule has 2 unspecified atom stereocenters. The van der Waals surface area contributed by atoms with Gasteiger partial charge in [-0.1, -0.05) is 27.2 Å². The van der Waals surface area contributed by atoms with Gasteiger partial charge < -0.3 is 0 Å². The number of nitriles is 1. The molecule has 0 aliphatic heterocycles. The summed E-state index contributed by atoms with van der Waals surface area (Å²) in [6, 6.07) is 2.57. The molecule has 0 aromatic carbocycles. The maximum absolute atomic E-state index is 9.37. The van der Waals surface area contributed by atoms with Gasteiger partial charge in [-0.25, -0.2) is 0 Å². The van der Waals surface area contributed by atoms with Gasteiger partial charge >= 0.3 is 0 Å². The van der Waals surface area contributed by atoms with Crippen LogP contribution in [0.4, 0.5) is 0 Å². The van der Waals surface area contributed by atoms with E-state index in [4.69, 9.17) is 0 Å². The molecule has 14 heavy (non-hydrogen) atoms. The van der Waals surface area contributed by atoms with Crippen LogP contribution in [0.25, 0.3) is 0 Å². The first-order valence-corrected chi connectivity index (χ1v) is 5.88. The lowest BCUT2D eigenvalue weighted by Gasteiger charge is -2.34. The van der Waals surface area contributed by atoms with Gasteiger partial charge in [0.1, 0.15) is 5.54 Å². The van der Waals surface area contributed by atoms with Crippen molar-refractivity contribution in [2.24, 2.45) is 5.92 Å². The summed E-state index contributed by atoms with van der Waals surface area (Å²) in [5.41, 5.74) is -0.135. The predicted octanol–water partition coefficient (Wildman–Crippen LogP) is 2.80. The highest BCUT2D eigenvalue weighted by Crippen LogP contribution is 2.39. The smallest absolute Gasteiger partial charge is 0.109 e. The van der Waals surface area contributed by atoms with Gasteiger partial charge in [0.15, 0.2) is 0 Å². The standard InChI is InChI=1S/C12H22N2/c1-4-11-7-8-12(9-11,10-13)14(5-2)6-3/h11H,4-9H2,1-3H3. The van der Waals surface area contributed by atoms with Gasteiger partial charge in [-0.3, -0.25) is 4.90 Å². The van der Waals surface area contributed by atoms with Crippen molar-refractivity contribution < 1.29 is 0 Å². The Bertz CT molecular complexity index is 215. The van der Waals surface area contributed by atoms with Crippen molar-refractivity contribution in [2.75, 3.05) is 13.1 Å². The van der Waals surface area contributed by atoms with Crippen LogP contribution in [0.3, 0.4) is 0 Å². The van der Waals surface area contributed by atoms with Crippen molar-refractivity contribution in [3.63, 3.8) is 0 Å². The predicted molar refractivity (Wildman–Crippen MR) is 58.9 cm³/mol. The first kappa shape index (κ1) is 11.5. The quantitative estimate of drug-likeness (QED) is 0.688. The van der Waals surface area contributed by atoms with Gasteiger partial charge in [0.05, 0.1) is 6.07 Å². The maximum Gasteiger partial charge on any atom is 0.109 e. The van der Waals surface area contributed by atoms with E-state index >= 15 is 0 Å². The Balaban J connectivity index is 2.74. The van der Waals surface area contributed by atoms with Gasteiger partial charge in [-0.2, -0.15) is 5.26 Å². The molecule has 1 saturated carbocycles. The van der Waals surface area contributed by atoms with Gasteiger partial charge in [-0.15, -0.1) is 0 Å². The topological polar surface area (TPSA) is 27.0 Å². The van der Waals surface area contributed by atoms with Crippen LogP contribution in [0.5, 0.6) is 0 Å². The van der Waals surface area contributed by atoms with E-state index in [0.717, 1.165) is 31.8 Å². The molecule has 0 radical (unpaired) electrons. The van der Waals surface area contributed by atoms with E-state index in [1.165, 1.54) is 12.8 Å². The van der Waals surface area contributed by atoms with Crippen molar-refractivity contribution in [3.8, 4) is 6.07 Å². The first-order chi connectivity index (χ1) is 6.72. The Kier molecular flexibility index (Phi) is 3.95. The molecule has 2 heteroatoms. The lowest BCUT2D eigenvalue weighted by Crippen LogP contribution is -2.45. The van der Waals surface area contributed by atoms with E-state index in [9.17, 15) is 5.26 Å². The number of hydrogen-bond acceptors (Lipinski definition) is 2. The normalized spacial score (nSPS) is 32.1. The Morgan fingerprint density at radius 3 is 2.36 bits per heavy atom. The zero-order valence-corrected chi connectivity index (χ0v) is 9.71. The molecule has 0 N–H and O–H groups in total. The minimum absolute atomic E-state index is 0.135. The average molecular weight is 194 g/mol. The van der Waals surface area contributed by atoms with Crippen LogP contribution < -0.4 is 0 Å².